The molecule has 2 atom stereocenters. The molecule has 90 valence electrons. The molecule has 2 unspecified atom stereocenters. The number of fused-ring (bicyclic) bond motifs is 2. The number of carboxylic acid groups (broad SMARTS) is 1. The maximum atomic E-state index is 12.2. The van der Waals surface area contributed by atoms with Crippen LogP contribution < -0.4 is 0 Å². The quantitative estimate of drug-likeness (QED) is 0.740. The van der Waals surface area contributed by atoms with Crippen LogP contribution in [0.2, 0.25) is 0 Å². The van der Waals surface area contributed by atoms with Gasteiger partial charge in [0, 0.05) is 12.6 Å². The molecule has 1 amide bonds. The first-order valence-corrected chi connectivity index (χ1v) is 4.87. The monoisotopic (exact) mass is 237 g/mol. The lowest BCUT2D eigenvalue weighted by Crippen LogP contribution is -2.47. The summed E-state index contributed by atoms with van der Waals surface area (Å²) in [6.45, 7) is -0.314. The molecule has 0 spiro atoms. The number of likely N-dealkylation sites (tertiary alicyclic amines) is 1. The summed E-state index contributed by atoms with van der Waals surface area (Å²) in [5.74, 6) is -3.02. The van der Waals surface area contributed by atoms with Gasteiger partial charge in [0.05, 0.1) is 5.41 Å². The summed E-state index contributed by atoms with van der Waals surface area (Å²) in [5, 5.41) is 8.97. The molecule has 2 bridgehead atoms. The van der Waals surface area contributed by atoms with Gasteiger partial charge in [0.2, 0.25) is 0 Å². The van der Waals surface area contributed by atoms with Crippen molar-refractivity contribution in [2.45, 2.75) is 31.5 Å². The van der Waals surface area contributed by atoms with Crippen LogP contribution >= 0.6 is 0 Å². The number of carboxylic acids is 1. The minimum Gasteiger partial charge on any atom is -0.481 e. The Hall–Kier alpha value is -1.27. The highest BCUT2D eigenvalue weighted by Crippen LogP contribution is 2.48. The lowest BCUT2D eigenvalue weighted by molar-refractivity contribution is -0.188. The predicted octanol–water partition coefficient (Wildman–Crippen LogP) is 1.01. The van der Waals surface area contributed by atoms with Gasteiger partial charge in [0.15, 0.2) is 0 Å². The third kappa shape index (κ3) is 1.45. The number of carbonyl (C=O) groups is 2. The Bertz CT molecular complexity index is 354. The van der Waals surface area contributed by atoms with E-state index < -0.39 is 29.5 Å². The molecule has 0 radical (unpaired) electrons. The lowest BCUT2D eigenvalue weighted by Gasteiger charge is -2.30. The second-order valence-corrected chi connectivity index (χ2v) is 4.41. The van der Waals surface area contributed by atoms with Gasteiger partial charge in [-0.3, -0.25) is 9.59 Å². The van der Waals surface area contributed by atoms with E-state index in [1.54, 1.807) is 0 Å². The van der Waals surface area contributed by atoms with Crippen LogP contribution in [-0.2, 0) is 9.59 Å². The van der Waals surface area contributed by atoms with Gasteiger partial charge >= 0.3 is 18.1 Å². The van der Waals surface area contributed by atoms with Crippen molar-refractivity contribution in [2.24, 2.45) is 5.41 Å². The van der Waals surface area contributed by atoms with Crippen LogP contribution in [0.5, 0.6) is 0 Å². The molecule has 1 saturated heterocycles. The number of hydrogen-bond acceptors (Lipinski definition) is 2. The Morgan fingerprint density at radius 3 is 2.44 bits per heavy atom. The van der Waals surface area contributed by atoms with E-state index in [0.717, 1.165) is 0 Å². The highest BCUT2D eigenvalue weighted by atomic mass is 19.4. The third-order valence-corrected chi connectivity index (χ3v) is 3.45. The number of rotatable bonds is 1. The maximum Gasteiger partial charge on any atom is 0.471 e. The first kappa shape index (κ1) is 11.2. The van der Waals surface area contributed by atoms with E-state index in [-0.39, 0.29) is 13.0 Å². The molecule has 1 heterocycles. The van der Waals surface area contributed by atoms with Crippen molar-refractivity contribution in [3.8, 4) is 0 Å². The molecule has 1 N–H and O–H groups in total. The number of halogens is 3. The fourth-order valence-corrected chi connectivity index (χ4v) is 2.63. The third-order valence-electron chi connectivity index (χ3n) is 3.45. The molecule has 4 nitrogen and oxygen atoms in total. The Balaban J connectivity index is 2.19. The number of piperidine rings is 1. The van der Waals surface area contributed by atoms with Gasteiger partial charge in [0.1, 0.15) is 0 Å². The molecule has 7 heteroatoms. The molecule has 0 aromatic carbocycles. The average molecular weight is 237 g/mol. The molecule has 1 saturated carbocycles. The van der Waals surface area contributed by atoms with Gasteiger partial charge in [-0.15, -0.1) is 0 Å². The van der Waals surface area contributed by atoms with Gasteiger partial charge in [-0.2, -0.15) is 13.2 Å². The van der Waals surface area contributed by atoms with Gasteiger partial charge < -0.3 is 10.0 Å². The first-order chi connectivity index (χ1) is 7.26. The first-order valence-electron chi connectivity index (χ1n) is 4.87. The maximum absolute atomic E-state index is 12.2. The minimum atomic E-state index is -4.91. The summed E-state index contributed by atoms with van der Waals surface area (Å²) in [6.07, 6.45) is -4.07. The van der Waals surface area contributed by atoms with Crippen molar-refractivity contribution < 1.29 is 27.9 Å². The fraction of sp³-hybridized carbons (Fsp3) is 0.778. The molecular weight excluding hydrogens is 227 g/mol. The summed E-state index contributed by atoms with van der Waals surface area (Å²) >= 11 is 0. The van der Waals surface area contributed by atoms with Gasteiger partial charge in [-0.1, -0.05) is 0 Å². The number of amides is 1. The van der Waals surface area contributed by atoms with Crippen LogP contribution in [0.3, 0.4) is 0 Å². The highest BCUT2D eigenvalue weighted by molar-refractivity contribution is 5.85. The molecule has 1 aliphatic carbocycles. The lowest BCUT2D eigenvalue weighted by atomic mass is 9.87. The number of nitrogens with zero attached hydrogens (tertiary/aromatic N) is 1. The van der Waals surface area contributed by atoms with Gasteiger partial charge in [-0.25, -0.2) is 0 Å². The predicted molar refractivity (Wildman–Crippen MR) is 45.5 cm³/mol. The zero-order valence-electron chi connectivity index (χ0n) is 8.25. The van der Waals surface area contributed by atoms with Crippen LogP contribution in [0, 0.1) is 5.41 Å². The van der Waals surface area contributed by atoms with Crippen molar-refractivity contribution in [3.63, 3.8) is 0 Å². The molecular formula is C9H10F3NO3. The summed E-state index contributed by atoms with van der Waals surface area (Å²) < 4.78 is 36.6. The molecule has 0 aromatic heterocycles. The highest BCUT2D eigenvalue weighted by Gasteiger charge is 2.59. The fourth-order valence-electron chi connectivity index (χ4n) is 2.63. The second-order valence-electron chi connectivity index (χ2n) is 4.41. The summed E-state index contributed by atoms with van der Waals surface area (Å²) in [6, 6.07) is -0.565. The normalized spacial score (nSPS) is 33.2. The molecule has 0 aromatic rings. The van der Waals surface area contributed by atoms with E-state index in [4.69, 9.17) is 5.11 Å². The zero-order chi connectivity index (χ0) is 12.1. The zero-order valence-corrected chi connectivity index (χ0v) is 8.25. The van der Waals surface area contributed by atoms with Crippen molar-refractivity contribution in [2.75, 3.05) is 6.54 Å². The molecule has 1 aliphatic heterocycles. The van der Waals surface area contributed by atoms with Crippen molar-refractivity contribution in [1.29, 1.82) is 0 Å². The van der Waals surface area contributed by atoms with Crippen molar-refractivity contribution in [3.05, 3.63) is 0 Å². The number of alkyl halides is 3. The number of hydrogen-bond donors (Lipinski definition) is 1. The topological polar surface area (TPSA) is 57.6 Å². The summed E-state index contributed by atoms with van der Waals surface area (Å²) in [4.78, 5) is 22.7. The molecule has 2 rings (SSSR count). The Morgan fingerprint density at radius 2 is 2.00 bits per heavy atom. The average Bonchev–Trinajstić information content (AvgIpc) is 2.73. The van der Waals surface area contributed by atoms with E-state index in [0.29, 0.717) is 17.7 Å². The second kappa shape index (κ2) is 3.11. The molecule has 16 heavy (non-hydrogen) atoms. The van der Waals surface area contributed by atoms with Crippen LogP contribution in [0.15, 0.2) is 0 Å². The Labute approximate surface area is 89.0 Å². The van der Waals surface area contributed by atoms with Crippen LogP contribution in [-0.4, -0.2) is 40.6 Å². The van der Waals surface area contributed by atoms with Gasteiger partial charge in [-0.05, 0) is 19.3 Å². The molecule has 2 aliphatic rings. The van der Waals surface area contributed by atoms with Crippen molar-refractivity contribution >= 4 is 11.9 Å². The van der Waals surface area contributed by atoms with Gasteiger partial charge in [0.25, 0.3) is 0 Å². The van der Waals surface area contributed by atoms with Crippen LogP contribution in [0.25, 0.3) is 0 Å². The van der Waals surface area contributed by atoms with E-state index >= 15 is 0 Å². The molecule has 2 fully saturated rings. The van der Waals surface area contributed by atoms with E-state index in [2.05, 4.69) is 0 Å². The summed E-state index contributed by atoms with van der Waals surface area (Å²) in [5.41, 5.74) is -1.15. The number of carbonyl (C=O) groups excluding carboxylic acids is 1. The number of aliphatic carboxylic acids is 1. The van der Waals surface area contributed by atoms with E-state index in [1.165, 1.54) is 0 Å². The Kier molecular flexibility index (Phi) is 2.18. The van der Waals surface area contributed by atoms with E-state index in [9.17, 15) is 22.8 Å². The van der Waals surface area contributed by atoms with E-state index in [1.807, 2.05) is 0 Å². The minimum absolute atomic E-state index is 0.143. The standard InChI is InChI=1S/C9H10F3NO3/c10-9(11,12)6(14)13-4-8(7(15)16)2-1-5(13)3-8/h5H,1-4H2,(H,15,16). The smallest absolute Gasteiger partial charge is 0.471 e. The van der Waals surface area contributed by atoms with Crippen LogP contribution in [0.4, 0.5) is 13.2 Å². The van der Waals surface area contributed by atoms with Crippen molar-refractivity contribution in [1.82, 2.24) is 4.90 Å². The summed E-state index contributed by atoms with van der Waals surface area (Å²) in [7, 11) is 0. The largest absolute Gasteiger partial charge is 0.481 e. The Morgan fingerprint density at radius 1 is 1.38 bits per heavy atom. The SMILES string of the molecule is O=C(N1CC2(C(=O)O)CCC1C2)C(F)(F)F. The van der Waals surface area contributed by atoms with Crippen LogP contribution in [0.1, 0.15) is 19.3 Å².